The molecule has 1 saturated heterocycles. The van der Waals surface area contributed by atoms with Crippen molar-refractivity contribution in [2.24, 2.45) is 0 Å². The number of amides is 3. The Bertz CT molecular complexity index is 635. The van der Waals surface area contributed by atoms with Crippen LogP contribution in [0.4, 0.5) is 10.5 Å². The molecule has 1 aromatic carbocycles. The maximum Gasteiger partial charge on any atom is 0.337 e. The number of urea groups is 1. The van der Waals surface area contributed by atoms with Crippen molar-refractivity contribution in [2.45, 2.75) is 19.4 Å². The van der Waals surface area contributed by atoms with Crippen LogP contribution in [0.15, 0.2) is 18.2 Å². The van der Waals surface area contributed by atoms with Crippen molar-refractivity contribution in [1.29, 1.82) is 0 Å². The van der Waals surface area contributed by atoms with E-state index in [0.29, 0.717) is 30.8 Å². The molecule has 2 rings (SSSR count). The van der Waals surface area contributed by atoms with Crippen LogP contribution in [0.3, 0.4) is 0 Å². The molecule has 0 radical (unpaired) electrons. The Kier molecular flexibility index (Phi) is 5.44. The van der Waals surface area contributed by atoms with Gasteiger partial charge in [-0.05, 0) is 24.6 Å². The lowest BCUT2D eigenvalue weighted by atomic mass is 10.2. The number of methoxy groups -OCH3 is 1. The van der Waals surface area contributed by atoms with Crippen LogP contribution in [0.25, 0.3) is 0 Å². The quantitative estimate of drug-likeness (QED) is 0.823. The summed E-state index contributed by atoms with van der Waals surface area (Å²) in [6.07, 6.45) is 0.710. The topological polar surface area (TPSA) is 87.7 Å². The van der Waals surface area contributed by atoms with Crippen LogP contribution in [0.1, 0.15) is 23.7 Å². The number of esters is 1. The Hall–Kier alpha value is -2.28. The highest BCUT2D eigenvalue weighted by molar-refractivity contribution is 6.34. The van der Waals surface area contributed by atoms with Gasteiger partial charge in [0.05, 0.1) is 23.4 Å². The van der Waals surface area contributed by atoms with E-state index < -0.39 is 5.97 Å². The first-order valence-electron chi connectivity index (χ1n) is 7.11. The lowest BCUT2D eigenvalue weighted by Gasteiger charge is -2.18. The average molecular weight is 340 g/mol. The third-order valence-corrected chi connectivity index (χ3v) is 3.83. The number of benzene rings is 1. The first-order chi connectivity index (χ1) is 10.9. The van der Waals surface area contributed by atoms with Gasteiger partial charge >= 0.3 is 12.0 Å². The van der Waals surface area contributed by atoms with Crippen molar-refractivity contribution in [1.82, 2.24) is 10.2 Å². The number of carbonyl (C=O) groups excluding carboxylic acids is 3. The highest BCUT2D eigenvalue weighted by Gasteiger charge is 2.27. The van der Waals surface area contributed by atoms with Crippen molar-refractivity contribution in [3.63, 3.8) is 0 Å². The first-order valence-corrected chi connectivity index (χ1v) is 7.49. The zero-order valence-corrected chi connectivity index (χ0v) is 13.6. The van der Waals surface area contributed by atoms with Gasteiger partial charge in [-0.3, -0.25) is 4.79 Å². The van der Waals surface area contributed by atoms with Crippen LogP contribution < -0.4 is 10.6 Å². The van der Waals surface area contributed by atoms with Crippen LogP contribution in [0, 0.1) is 0 Å². The molecular weight excluding hydrogens is 322 g/mol. The fourth-order valence-electron chi connectivity index (χ4n) is 2.41. The molecule has 1 heterocycles. The molecule has 124 valence electrons. The molecule has 23 heavy (non-hydrogen) atoms. The maximum absolute atomic E-state index is 12.2. The van der Waals surface area contributed by atoms with Crippen molar-refractivity contribution in [3.05, 3.63) is 28.8 Å². The van der Waals surface area contributed by atoms with E-state index in [2.05, 4.69) is 15.4 Å². The van der Waals surface area contributed by atoms with Crippen LogP contribution in [-0.2, 0) is 9.53 Å². The zero-order valence-electron chi connectivity index (χ0n) is 12.9. The van der Waals surface area contributed by atoms with Crippen molar-refractivity contribution >= 4 is 35.2 Å². The Morgan fingerprint density at radius 1 is 1.35 bits per heavy atom. The van der Waals surface area contributed by atoms with Crippen LogP contribution in [0.5, 0.6) is 0 Å². The van der Waals surface area contributed by atoms with E-state index in [1.165, 1.54) is 26.2 Å². The lowest BCUT2D eigenvalue weighted by molar-refractivity contribution is -0.119. The third kappa shape index (κ3) is 4.35. The molecule has 0 bridgehead atoms. The highest BCUT2D eigenvalue weighted by atomic mass is 35.5. The van der Waals surface area contributed by atoms with Gasteiger partial charge in [-0.2, -0.15) is 0 Å². The monoisotopic (exact) mass is 339 g/mol. The molecule has 3 amide bonds. The van der Waals surface area contributed by atoms with Gasteiger partial charge in [0.25, 0.3) is 0 Å². The SMILES string of the molecule is COC(=O)c1ccc(NC(=O)N2CC[C@H](NC(C)=O)C2)c(Cl)c1. The Morgan fingerprint density at radius 3 is 2.70 bits per heavy atom. The standard InChI is InChI=1S/C15H18ClN3O4/c1-9(20)17-11-5-6-19(8-11)15(22)18-13-4-3-10(7-12(13)16)14(21)23-2/h3-4,7,11H,5-6,8H2,1-2H3,(H,17,20)(H,18,22)/t11-/m0/s1. The summed E-state index contributed by atoms with van der Waals surface area (Å²) < 4.78 is 4.61. The molecule has 1 aromatic rings. The minimum atomic E-state index is -0.498. The number of nitrogens with zero attached hydrogens (tertiary/aromatic N) is 1. The fourth-order valence-corrected chi connectivity index (χ4v) is 2.63. The van der Waals surface area contributed by atoms with Crippen molar-refractivity contribution in [3.8, 4) is 0 Å². The number of anilines is 1. The molecule has 0 unspecified atom stereocenters. The molecule has 0 aromatic heterocycles. The number of hydrogen-bond donors (Lipinski definition) is 2. The Labute approximate surface area is 138 Å². The van der Waals surface area contributed by atoms with Crippen molar-refractivity contribution in [2.75, 3.05) is 25.5 Å². The molecule has 0 spiro atoms. The summed E-state index contributed by atoms with van der Waals surface area (Å²) in [6, 6.07) is 4.18. The van der Waals surface area contributed by atoms with Crippen LogP contribution >= 0.6 is 11.6 Å². The zero-order chi connectivity index (χ0) is 17.0. The van der Waals surface area contributed by atoms with Gasteiger partial charge in [0, 0.05) is 26.1 Å². The number of hydrogen-bond acceptors (Lipinski definition) is 4. The predicted molar refractivity (Wildman–Crippen MR) is 85.6 cm³/mol. The van der Waals surface area contributed by atoms with E-state index in [1.54, 1.807) is 11.0 Å². The maximum atomic E-state index is 12.2. The van der Waals surface area contributed by atoms with Gasteiger partial charge in [-0.15, -0.1) is 0 Å². The van der Waals surface area contributed by atoms with E-state index in [0.717, 1.165) is 0 Å². The van der Waals surface area contributed by atoms with Gasteiger partial charge < -0.3 is 20.3 Å². The summed E-state index contributed by atoms with van der Waals surface area (Å²) in [5, 5.41) is 5.74. The number of likely N-dealkylation sites (tertiary alicyclic amines) is 1. The third-order valence-electron chi connectivity index (χ3n) is 3.51. The molecule has 1 aliphatic heterocycles. The van der Waals surface area contributed by atoms with Gasteiger partial charge in [0.2, 0.25) is 5.91 Å². The van der Waals surface area contributed by atoms with Gasteiger partial charge in [-0.25, -0.2) is 9.59 Å². The minimum absolute atomic E-state index is 0.0320. The number of rotatable bonds is 3. The molecule has 7 nitrogen and oxygen atoms in total. The highest BCUT2D eigenvalue weighted by Crippen LogP contribution is 2.24. The Balaban J connectivity index is 1.98. The summed E-state index contributed by atoms with van der Waals surface area (Å²) in [5.41, 5.74) is 0.717. The number of ether oxygens (including phenoxy) is 1. The molecule has 1 aliphatic rings. The fraction of sp³-hybridized carbons (Fsp3) is 0.400. The predicted octanol–water partition coefficient (Wildman–Crippen LogP) is 1.87. The molecule has 0 saturated carbocycles. The van der Waals surface area contributed by atoms with Gasteiger partial charge in [0.15, 0.2) is 0 Å². The largest absolute Gasteiger partial charge is 0.465 e. The number of nitrogens with one attached hydrogen (secondary N) is 2. The molecule has 1 fully saturated rings. The van der Waals surface area contributed by atoms with E-state index in [9.17, 15) is 14.4 Å². The van der Waals surface area contributed by atoms with E-state index >= 15 is 0 Å². The number of halogens is 1. The summed E-state index contributed by atoms with van der Waals surface area (Å²) in [5.74, 6) is -0.610. The molecule has 1 atom stereocenters. The minimum Gasteiger partial charge on any atom is -0.465 e. The van der Waals surface area contributed by atoms with Gasteiger partial charge in [0.1, 0.15) is 0 Å². The van der Waals surface area contributed by atoms with Crippen LogP contribution in [-0.4, -0.2) is 49.0 Å². The second-order valence-electron chi connectivity index (χ2n) is 5.25. The van der Waals surface area contributed by atoms with Gasteiger partial charge in [-0.1, -0.05) is 11.6 Å². The molecular formula is C15H18ClN3O4. The van der Waals surface area contributed by atoms with Crippen LogP contribution in [0.2, 0.25) is 5.02 Å². The summed E-state index contributed by atoms with van der Waals surface area (Å²) in [4.78, 5) is 36.3. The molecule has 0 aliphatic carbocycles. The normalized spacial score (nSPS) is 16.8. The van der Waals surface area contributed by atoms with E-state index in [-0.39, 0.29) is 23.0 Å². The number of carbonyl (C=O) groups is 3. The summed E-state index contributed by atoms with van der Waals surface area (Å²) in [6.45, 7) is 2.45. The summed E-state index contributed by atoms with van der Waals surface area (Å²) in [7, 11) is 1.28. The average Bonchev–Trinajstić information content (AvgIpc) is 2.96. The van der Waals surface area contributed by atoms with Crippen molar-refractivity contribution < 1.29 is 19.1 Å². The van der Waals surface area contributed by atoms with E-state index in [4.69, 9.17) is 11.6 Å². The summed E-state index contributed by atoms with van der Waals surface area (Å²) >= 11 is 6.08. The lowest BCUT2D eigenvalue weighted by Crippen LogP contribution is -2.38. The smallest absolute Gasteiger partial charge is 0.337 e. The molecule has 2 N–H and O–H groups in total. The second kappa shape index (κ2) is 7.32. The second-order valence-corrected chi connectivity index (χ2v) is 5.66. The Morgan fingerprint density at radius 2 is 2.09 bits per heavy atom. The van der Waals surface area contributed by atoms with E-state index in [1.807, 2.05) is 0 Å². The first kappa shape index (κ1) is 17.1. The molecule has 8 heteroatoms.